The minimum atomic E-state index is 0.369. The quantitative estimate of drug-likeness (QED) is 0.717. The highest BCUT2D eigenvalue weighted by molar-refractivity contribution is 7.09. The van der Waals surface area contributed by atoms with Gasteiger partial charge in [-0.05, 0) is 56.9 Å². The van der Waals surface area contributed by atoms with Gasteiger partial charge in [0.2, 0.25) is 0 Å². The number of furan rings is 1. The van der Waals surface area contributed by atoms with Crippen LogP contribution >= 0.6 is 11.5 Å². The molecule has 0 unspecified atom stereocenters. The first-order chi connectivity index (χ1) is 11.7. The van der Waals surface area contributed by atoms with Gasteiger partial charge in [-0.3, -0.25) is 4.90 Å². The molecule has 1 atom stereocenters. The van der Waals surface area contributed by atoms with E-state index in [9.17, 15) is 0 Å². The van der Waals surface area contributed by atoms with Crippen LogP contribution in [0.25, 0.3) is 10.6 Å². The Bertz CT molecular complexity index is 822. The van der Waals surface area contributed by atoms with Crippen LogP contribution < -0.4 is 0 Å². The molecule has 0 aliphatic carbocycles. The minimum absolute atomic E-state index is 0.369. The van der Waals surface area contributed by atoms with E-state index in [0.717, 1.165) is 66.0 Å². The molecule has 1 aliphatic rings. The van der Waals surface area contributed by atoms with Crippen LogP contribution in [-0.4, -0.2) is 32.7 Å². The van der Waals surface area contributed by atoms with E-state index >= 15 is 0 Å². The molecule has 126 valence electrons. The van der Waals surface area contributed by atoms with Gasteiger partial charge in [0, 0.05) is 18.5 Å². The zero-order valence-corrected chi connectivity index (χ0v) is 14.7. The molecule has 0 N–H and O–H groups in total. The van der Waals surface area contributed by atoms with E-state index in [2.05, 4.69) is 25.7 Å². The standard InChI is InChI=1S/C17H20N4O2S/c1-11-8-15(23-19-11)17-16(18-20-24-17)13-4-3-7-21(9-13)10-14-6-5-12(2)22-14/h5-6,8,13H,3-4,7,9-10H2,1-2H3/t13-/m0/s1. The molecule has 0 bridgehead atoms. The maximum Gasteiger partial charge on any atom is 0.180 e. The fourth-order valence-corrected chi connectivity index (χ4v) is 4.02. The Morgan fingerprint density at radius 2 is 2.25 bits per heavy atom. The molecule has 24 heavy (non-hydrogen) atoms. The maximum atomic E-state index is 5.72. The van der Waals surface area contributed by atoms with Crippen LogP contribution in [0, 0.1) is 13.8 Å². The lowest BCUT2D eigenvalue weighted by Crippen LogP contribution is -2.34. The molecule has 1 saturated heterocycles. The number of rotatable bonds is 4. The molecule has 0 aromatic carbocycles. The lowest BCUT2D eigenvalue weighted by atomic mass is 9.93. The largest absolute Gasteiger partial charge is 0.465 e. The summed E-state index contributed by atoms with van der Waals surface area (Å²) < 4.78 is 15.3. The molecule has 4 rings (SSSR count). The SMILES string of the molecule is Cc1cc(-c2snnc2[C@H]2CCCN(Cc3ccc(C)o3)C2)on1. The zero-order chi connectivity index (χ0) is 16.5. The predicted molar refractivity (Wildman–Crippen MR) is 90.8 cm³/mol. The number of likely N-dealkylation sites (tertiary alicyclic amines) is 1. The van der Waals surface area contributed by atoms with Crippen molar-refractivity contribution in [3.63, 3.8) is 0 Å². The molecule has 7 heteroatoms. The summed E-state index contributed by atoms with van der Waals surface area (Å²) in [6.45, 7) is 6.80. The van der Waals surface area contributed by atoms with Crippen molar-refractivity contribution in [3.8, 4) is 10.6 Å². The summed E-state index contributed by atoms with van der Waals surface area (Å²) in [7, 11) is 0. The smallest absolute Gasteiger partial charge is 0.180 e. The van der Waals surface area contributed by atoms with Crippen LogP contribution in [-0.2, 0) is 6.54 Å². The van der Waals surface area contributed by atoms with Gasteiger partial charge in [-0.2, -0.15) is 0 Å². The highest BCUT2D eigenvalue weighted by Gasteiger charge is 2.28. The van der Waals surface area contributed by atoms with E-state index < -0.39 is 0 Å². The second kappa shape index (κ2) is 6.49. The Morgan fingerprint density at radius 1 is 1.33 bits per heavy atom. The van der Waals surface area contributed by atoms with E-state index in [1.54, 1.807) is 0 Å². The van der Waals surface area contributed by atoms with Gasteiger partial charge >= 0.3 is 0 Å². The van der Waals surface area contributed by atoms with Gasteiger partial charge < -0.3 is 8.94 Å². The summed E-state index contributed by atoms with van der Waals surface area (Å²) in [5.74, 6) is 3.13. The Kier molecular flexibility index (Phi) is 4.20. The summed E-state index contributed by atoms with van der Waals surface area (Å²) in [4.78, 5) is 3.44. The number of aromatic nitrogens is 3. The van der Waals surface area contributed by atoms with E-state index in [4.69, 9.17) is 8.94 Å². The lowest BCUT2D eigenvalue weighted by molar-refractivity contribution is 0.184. The van der Waals surface area contributed by atoms with Gasteiger partial charge in [-0.15, -0.1) is 5.10 Å². The van der Waals surface area contributed by atoms with Gasteiger partial charge in [0.05, 0.1) is 17.9 Å². The van der Waals surface area contributed by atoms with Crippen molar-refractivity contribution in [3.05, 3.63) is 41.1 Å². The highest BCUT2D eigenvalue weighted by Crippen LogP contribution is 2.35. The second-order valence-electron chi connectivity index (χ2n) is 6.41. The maximum absolute atomic E-state index is 5.72. The molecule has 3 aromatic heterocycles. The minimum Gasteiger partial charge on any atom is -0.465 e. The normalized spacial score (nSPS) is 19.0. The van der Waals surface area contributed by atoms with Gasteiger partial charge in [-0.25, -0.2) is 0 Å². The van der Waals surface area contributed by atoms with E-state index in [-0.39, 0.29) is 0 Å². The first-order valence-corrected chi connectivity index (χ1v) is 9.00. The van der Waals surface area contributed by atoms with Crippen LogP contribution in [0.1, 0.15) is 41.7 Å². The third kappa shape index (κ3) is 3.14. The van der Waals surface area contributed by atoms with E-state index in [1.165, 1.54) is 11.5 Å². The second-order valence-corrected chi connectivity index (χ2v) is 7.16. The number of aryl methyl sites for hydroxylation is 2. The average molecular weight is 344 g/mol. The summed E-state index contributed by atoms with van der Waals surface area (Å²) in [5.41, 5.74) is 1.92. The molecule has 0 spiro atoms. The predicted octanol–water partition coefficient (Wildman–Crippen LogP) is 3.78. The molecule has 1 aliphatic heterocycles. The van der Waals surface area contributed by atoms with Crippen LogP contribution in [0.2, 0.25) is 0 Å². The van der Waals surface area contributed by atoms with Gasteiger partial charge in [0.15, 0.2) is 5.76 Å². The monoisotopic (exact) mass is 344 g/mol. The molecule has 0 amide bonds. The number of nitrogens with zero attached hydrogens (tertiary/aromatic N) is 4. The van der Waals surface area contributed by atoms with Gasteiger partial charge in [0.1, 0.15) is 16.4 Å². The summed E-state index contributed by atoms with van der Waals surface area (Å²) in [6.07, 6.45) is 2.27. The zero-order valence-electron chi connectivity index (χ0n) is 13.9. The Balaban J connectivity index is 1.51. The van der Waals surface area contributed by atoms with Crippen molar-refractivity contribution in [1.29, 1.82) is 0 Å². The van der Waals surface area contributed by atoms with Crippen molar-refractivity contribution in [2.24, 2.45) is 0 Å². The summed E-state index contributed by atoms with van der Waals surface area (Å²) >= 11 is 1.39. The fourth-order valence-electron chi connectivity index (χ4n) is 3.32. The van der Waals surface area contributed by atoms with Crippen LogP contribution in [0.3, 0.4) is 0 Å². The Hall–Kier alpha value is -1.99. The van der Waals surface area contributed by atoms with Crippen molar-refractivity contribution >= 4 is 11.5 Å². The van der Waals surface area contributed by atoms with Crippen LogP contribution in [0.5, 0.6) is 0 Å². The molecule has 1 fully saturated rings. The first kappa shape index (κ1) is 15.5. The third-order valence-corrected chi connectivity index (χ3v) is 5.19. The molecular weight excluding hydrogens is 324 g/mol. The lowest BCUT2D eigenvalue weighted by Gasteiger charge is -2.31. The molecule has 3 aromatic rings. The van der Waals surface area contributed by atoms with Gasteiger partial charge in [0.25, 0.3) is 0 Å². The highest BCUT2D eigenvalue weighted by atomic mass is 32.1. The number of hydrogen-bond donors (Lipinski definition) is 0. The van der Waals surface area contributed by atoms with Crippen LogP contribution in [0.15, 0.2) is 27.1 Å². The van der Waals surface area contributed by atoms with Crippen molar-refractivity contribution in [1.82, 2.24) is 19.6 Å². The molecule has 4 heterocycles. The third-order valence-electron chi connectivity index (χ3n) is 4.43. The van der Waals surface area contributed by atoms with Crippen molar-refractivity contribution in [2.75, 3.05) is 13.1 Å². The Morgan fingerprint density at radius 3 is 3.00 bits per heavy atom. The molecule has 0 radical (unpaired) electrons. The van der Waals surface area contributed by atoms with Crippen molar-refractivity contribution in [2.45, 2.75) is 39.2 Å². The number of hydrogen-bond acceptors (Lipinski definition) is 7. The van der Waals surface area contributed by atoms with Gasteiger partial charge in [-0.1, -0.05) is 9.64 Å². The fraction of sp³-hybridized carbons (Fsp3) is 0.471. The summed E-state index contributed by atoms with van der Waals surface area (Å²) in [6, 6.07) is 6.03. The number of piperidine rings is 1. The molecular formula is C17H20N4O2S. The van der Waals surface area contributed by atoms with E-state index in [1.807, 2.05) is 26.0 Å². The molecule has 6 nitrogen and oxygen atoms in total. The first-order valence-electron chi connectivity index (χ1n) is 8.22. The topological polar surface area (TPSA) is 68.2 Å². The van der Waals surface area contributed by atoms with Crippen molar-refractivity contribution < 1.29 is 8.94 Å². The van der Waals surface area contributed by atoms with E-state index in [0.29, 0.717) is 5.92 Å². The summed E-state index contributed by atoms with van der Waals surface area (Å²) in [5, 5.41) is 8.39. The average Bonchev–Trinajstić information content (AvgIpc) is 3.28. The van der Waals surface area contributed by atoms with Crippen LogP contribution in [0.4, 0.5) is 0 Å². The Labute approximate surface area is 144 Å². The molecule has 0 saturated carbocycles.